The molecule has 0 aromatic heterocycles. The Bertz CT molecular complexity index is 383. The minimum absolute atomic E-state index is 0. The van der Waals surface area contributed by atoms with E-state index < -0.39 is 0 Å². The van der Waals surface area contributed by atoms with Crippen LogP contribution >= 0.6 is 12.4 Å². The van der Waals surface area contributed by atoms with Gasteiger partial charge in [0.15, 0.2) is 0 Å². The van der Waals surface area contributed by atoms with E-state index in [1.54, 1.807) is 0 Å². The van der Waals surface area contributed by atoms with Crippen molar-refractivity contribution in [2.45, 2.75) is 52.1 Å². The molecular weight excluding hydrogens is 272 g/mol. The monoisotopic (exact) mass is 298 g/mol. The highest BCUT2D eigenvalue weighted by atomic mass is 35.5. The summed E-state index contributed by atoms with van der Waals surface area (Å²) in [6.07, 6.45) is 3.07. The summed E-state index contributed by atoms with van der Waals surface area (Å²) >= 11 is 0. The number of amides is 1. The Labute approximate surface area is 128 Å². The number of nitrogens with one attached hydrogen (secondary N) is 1. The molecule has 0 heterocycles. The zero-order valence-corrected chi connectivity index (χ0v) is 13.5. The van der Waals surface area contributed by atoms with Gasteiger partial charge in [0.25, 0.3) is 0 Å². The lowest BCUT2D eigenvalue weighted by molar-refractivity contribution is -0.125. The summed E-state index contributed by atoms with van der Waals surface area (Å²) in [5.74, 6) is -0.162. The summed E-state index contributed by atoms with van der Waals surface area (Å²) in [6.45, 7) is 6.13. The van der Waals surface area contributed by atoms with Gasteiger partial charge in [0, 0.05) is 12.1 Å². The smallest absolute Gasteiger partial charge is 0.224 e. The molecule has 0 saturated carbocycles. The summed E-state index contributed by atoms with van der Waals surface area (Å²) in [6, 6.07) is 9.81. The van der Waals surface area contributed by atoms with E-state index in [4.69, 9.17) is 5.73 Å². The zero-order chi connectivity index (χ0) is 14.3. The van der Waals surface area contributed by atoms with Crippen LogP contribution in [0, 0.1) is 5.92 Å². The minimum atomic E-state index is -0.250. The Hall–Kier alpha value is -1.06. The van der Waals surface area contributed by atoms with Crippen molar-refractivity contribution in [1.29, 1.82) is 0 Å². The van der Waals surface area contributed by atoms with Gasteiger partial charge in [-0.1, -0.05) is 57.5 Å². The van der Waals surface area contributed by atoms with Crippen LogP contribution in [0.4, 0.5) is 0 Å². The van der Waals surface area contributed by atoms with Gasteiger partial charge in [-0.15, -0.1) is 12.4 Å². The second-order valence-electron chi connectivity index (χ2n) is 5.13. The fraction of sp³-hybridized carbons (Fsp3) is 0.562. The molecule has 0 aliphatic heterocycles. The quantitative estimate of drug-likeness (QED) is 0.810. The minimum Gasteiger partial charge on any atom is -0.353 e. The summed E-state index contributed by atoms with van der Waals surface area (Å²) in [5, 5.41) is 3.10. The van der Waals surface area contributed by atoms with Crippen LogP contribution in [0.3, 0.4) is 0 Å². The highest BCUT2D eigenvalue weighted by Crippen LogP contribution is 2.19. The Morgan fingerprint density at radius 1 is 1.25 bits per heavy atom. The molecule has 20 heavy (non-hydrogen) atoms. The lowest BCUT2D eigenvalue weighted by Crippen LogP contribution is -2.41. The first kappa shape index (κ1) is 18.9. The predicted molar refractivity (Wildman–Crippen MR) is 86.9 cm³/mol. The Kier molecular flexibility index (Phi) is 9.26. The third-order valence-corrected chi connectivity index (χ3v) is 3.61. The molecule has 1 rings (SSSR count). The molecule has 3 atom stereocenters. The van der Waals surface area contributed by atoms with E-state index in [0.29, 0.717) is 0 Å². The molecule has 114 valence electrons. The summed E-state index contributed by atoms with van der Waals surface area (Å²) in [7, 11) is 0. The first-order chi connectivity index (χ1) is 9.10. The van der Waals surface area contributed by atoms with Crippen LogP contribution in [-0.4, -0.2) is 11.9 Å². The molecular formula is C16H27ClN2O. The van der Waals surface area contributed by atoms with Gasteiger partial charge in [-0.05, 0) is 18.4 Å². The number of nitrogens with two attached hydrogens (primary N) is 1. The molecule has 0 saturated heterocycles. The zero-order valence-electron chi connectivity index (χ0n) is 12.6. The topological polar surface area (TPSA) is 55.1 Å². The van der Waals surface area contributed by atoms with Crippen LogP contribution in [0.5, 0.6) is 0 Å². The summed E-state index contributed by atoms with van der Waals surface area (Å²) in [4.78, 5) is 12.2. The average molecular weight is 299 g/mol. The fourth-order valence-electron chi connectivity index (χ4n) is 2.19. The van der Waals surface area contributed by atoms with Crippen molar-refractivity contribution in [2.24, 2.45) is 11.7 Å². The molecule has 1 aromatic rings. The SMILES string of the molecule is CCCC(CC)NC(=O)C(C)C(N)c1ccccc1.Cl. The molecule has 3 nitrogen and oxygen atoms in total. The Morgan fingerprint density at radius 3 is 2.35 bits per heavy atom. The number of hydrogen-bond donors (Lipinski definition) is 2. The molecule has 3 N–H and O–H groups in total. The molecule has 0 bridgehead atoms. The van der Waals surface area contributed by atoms with E-state index in [1.807, 2.05) is 37.3 Å². The van der Waals surface area contributed by atoms with E-state index >= 15 is 0 Å². The second kappa shape index (κ2) is 9.78. The van der Waals surface area contributed by atoms with Crippen LogP contribution in [-0.2, 0) is 4.79 Å². The second-order valence-corrected chi connectivity index (χ2v) is 5.13. The van der Waals surface area contributed by atoms with Gasteiger partial charge >= 0.3 is 0 Å². The van der Waals surface area contributed by atoms with E-state index in [-0.39, 0.29) is 36.3 Å². The van der Waals surface area contributed by atoms with Crippen LogP contribution in [0.1, 0.15) is 51.6 Å². The third-order valence-electron chi connectivity index (χ3n) is 3.61. The molecule has 0 radical (unpaired) electrons. The van der Waals surface area contributed by atoms with Gasteiger partial charge in [0.1, 0.15) is 0 Å². The number of benzene rings is 1. The maximum absolute atomic E-state index is 12.2. The summed E-state index contributed by atoms with van der Waals surface area (Å²) in [5.41, 5.74) is 7.18. The van der Waals surface area contributed by atoms with E-state index in [2.05, 4.69) is 19.2 Å². The standard InChI is InChI=1S/C16H26N2O.ClH/c1-4-9-14(5-2)18-16(19)12(3)15(17)13-10-7-6-8-11-13;/h6-8,10-12,14-15H,4-5,9,17H2,1-3H3,(H,18,19);1H. The average Bonchev–Trinajstić information content (AvgIpc) is 2.45. The number of halogens is 1. The first-order valence-corrected chi connectivity index (χ1v) is 7.21. The highest BCUT2D eigenvalue weighted by Gasteiger charge is 2.23. The lowest BCUT2D eigenvalue weighted by atomic mass is 9.94. The van der Waals surface area contributed by atoms with Gasteiger partial charge < -0.3 is 11.1 Å². The molecule has 3 unspecified atom stereocenters. The van der Waals surface area contributed by atoms with Gasteiger partial charge in [-0.3, -0.25) is 4.79 Å². The van der Waals surface area contributed by atoms with Crippen LogP contribution in [0.25, 0.3) is 0 Å². The molecule has 1 amide bonds. The van der Waals surface area contributed by atoms with Crippen molar-refractivity contribution in [3.05, 3.63) is 35.9 Å². The summed E-state index contributed by atoms with van der Waals surface area (Å²) < 4.78 is 0. The fourth-order valence-corrected chi connectivity index (χ4v) is 2.19. The lowest BCUT2D eigenvalue weighted by Gasteiger charge is -2.23. The van der Waals surface area contributed by atoms with Crippen LogP contribution in [0.2, 0.25) is 0 Å². The van der Waals surface area contributed by atoms with Gasteiger partial charge in [-0.25, -0.2) is 0 Å². The van der Waals surface area contributed by atoms with Crippen molar-refractivity contribution in [2.75, 3.05) is 0 Å². The van der Waals surface area contributed by atoms with Gasteiger partial charge in [0.05, 0.1) is 5.92 Å². The third kappa shape index (κ3) is 5.51. The molecule has 0 aliphatic rings. The largest absolute Gasteiger partial charge is 0.353 e. The van der Waals surface area contributed by atoms with E-state index in [1.165, 1.54) is 0 Å². The van der Waals surface area contributed by atoms with Crippen molar-refractivity contribution in [1.82, 2.24) is 5.32 Å². The van der Waals surface area contributed by atoms with Crippen molar-refractivity contribution < 1.29 is 4.79 Å². The molecule has 0 fully saturated rings. The van der Waals surface area contributed by atoms with E-state index in [9.17, 15) is 4.79 Å². The van der Waals surface area contributed by atoms with Crippen LogP contribution < -0.4 is 11.1 Å². The number of carbonyl (C=O) groups excluding carboxylic acids is 1. The maximum atomic E-state index is 12.2. The van der Waals surface area contributed by atoms with E-state index in [0.717, 1.165) is 24.8 Å². The molecule has 0 aliphatic carbocycles. The normalized spacial score (nSPS) is 14.8. The molecule has 1 aromatic carbocycles. The van der Waals surface area contributed by atoms with Gasteiger partial charge in [-0.2, -0.15) is 0 Å². The first-order valence-electron chi connectivity index (χ1n) is 7.21. The Morgan fingerprint density at radius 2 is 1.85 bits per heavy atom. The number of hydrogen-bond acceptors (Lipinski definition) is 2. The molecule has 4 heteroatoms. The Balaban J connectivity index is 0.00000361. The maximum Gasteiger partial charge on any atom is 0.224 e. The number of carbonyl (C=O) groups is 1. The van der Waals surface area contributed by atoms with Crippen LogP contribution in [0.15, 0.2) is 30.3 Å². The van der Waals surface area contributed by atoms with Crippen molar-refractivity contribution in [3.8, 4) is 0 Å². The van der Waals surface area contributed by atoms with Crippen molar-refractivity contribution >= 4 is 18.3 Å². The number of rotatable bonds is 7. The molecule has 0 spiro atoms. The van der Waals surface area contributed by atoms with Crippen molar-refractivity contribution in [3.63, 3.8) is 0 Å². The van der Waals surface area contributed by atoms with Gasteiger partial charge in [0.2, 0.25) is 5.91 Å². The predicted octanol–water partition coefficient (Wildman–Crippen LogP) is 3.44. The highest BCUT2D eigenvalue weighted by molar-refractivity contribution is 5.85.